The van der Waals surface area contributed by atoms with E-state index in [1.165, 1.54) is 11.1 Å². The molecular formula is C22H22N2O2. The van der Waals surface area contributed by atoms with E-state index in [9.17, 15) is 4.79 Å². The standard InChI is InChI=1S/C22H22N2O2/c1-16-9-11-18(12-10-16)21-20(15-23-26-21)22(25)24-13-5-8-19(24)14-17-6-3-2-4-7-17/h2-4,6-7,9-12,15,19H,5,8,13-14H2,1H3. The van der Waals surface area contributed by atoms with E-state index in [-0.39, 0.29) is 11.9 Å². The van der Waals surface area contributed by atoms with Gasteiger partial charge in [-0.2, -0.15) is 0 Å². The summed E-state index contributed by atoms with van der Waals surface area (Å²) < 4.78 is 5.43. The maximum absolute atomic E-state index is 13.2. The Labute approximate surface area is 153 Å². The molecule has 0 saturated carbocycles. The molecular weight excluding hydrogens is 324 g/mol. The Morgan fingerprint density at radius 1 is 1.15 bits per heavy atom. The van der Waals surface area contributed by atoms with Crippen molar-refractivity contribution in [3.8, 4) is 11.3 Å². The molecule has 1 saturated heterocycles. The van der Waals surface area contributed by atoms with E-state index in [0.717, 1.165) is 31.4 Å². The van der Waals surface area contributed by atoms with Crippen LogP contribution >= 0.6 is 0 Å². The first-order valence-electron chi connectivity index (χ1n) is 9.09. The van der Waals surface area contributed by atoms with Crippen molar-refractivity contribution in [2.24, 2.45) is 0 Å². The number of hydrogen-bond acceptors (Lipinski definition) is 3. The van der Waals surface area contributed by atoms with E-state index in [1.54, 1.807) is 6.20 Å². The molecule has 1 aliphatic rings. The van der Waals surface area contributed by atoms with E-state index in [0.29, 0.717) is 11.3 Å². The van der Waals surface area contributed by atoms with Crippen LogP contribution in [0.3, 0.4) is 0 Å². The van der Waals surface area contributed by atoms with Crippen LogP contribution in [0, 0.1) is 6.92 Å². The van der Waals surface area contributed by atoms with Crippen molar-refractivity contribution in [1.82, 2.24) is 10.1 Å². The summed E-state index contributed by atoms with van der Waals surface area (Å²) in [5, 5.41) is 3.90. The van der Waals surface area contributed by atoms with Gasteiger partial charge < -0.3 is 9.42 Å². The molecule has 0 N–H and O–H groups in total. The number of aryl methyl sites for hydroxylation is 1. The smallest absolute Gasteiger partial charge is 0.259 e. The molecule has 1 amide bonds. The molecule has 1 aliphatic heterocycles. The first-order valence-corrected chi connectivity index (χ1v) is 9.09. The zero-order chi connectivity index (χ0) is 17.9. The summed E-state index contributed by atoms with van der Waals surface area (Å²) in [5.74, 6) is 0.570. The Morgan fingerprint density at radius 2 is 1.92 bits per heavy atom. The first kappa shape index (κ1) is 16.6. The molecule has 1 aromatic heterocycles. The second kappa shape index (κ2) is 7.16. The highest BCUT2D eigenvalue weighted by Gasteiger charge is 2.32. The molecule has 0 radical (unpaired) electrons. The fourth-order valence-electron chi connectivity index (χ4n) is 3.66. The van der Waals surface area contributed by atoms with Gasteiger partial charge in [-0.05, 0) is 31.7 Å². The molecule has 132 valence electrons. The molecule has 2 heterocycles. The summed E-state index contributed by atoms with van der Waals surface area (Å²) in [6, 6.07) is 18.6. The molecule has 3 aromatic rings. The SMILES string of the molecule is Cc1ccc(-c2oncc2C(=O)N2CCCC2Cc2ccccc2)cc1. The van der Waals surface area contributed by atoms with E-state index in [2.05, 4.69) is 17.3 Å². The Hall–Kier alpha value is -2.88. The summed E-state index contributed by atoms with van der Waals surface area (Å²) in [6.45, 7) is 2.82. The van der Waals surface area contributed by atoms with Gasteiger partial charge in [0, 0.05) is 18.2 Å². The van der Waals surface area contributed by atoms with Gasteiger partial charge in [0.25, 0.3) is 5.91 Å². The topological polar surface area (TPSA) is 46.3 Å². The van der Waals surface area contributed by atoms with Gasteiger partial charge in [0.05, 0.1) is 6.20 Å². The fraction of sp³-hybridized carbons (Fsp3) is 0.273. The van der Waals surface area contributed by atoms with E-state index in [1.807, 2.05) is 54.3 Å². The molecule has 1 atom stereocenters. The van der Waals surface area contributed by atoms with E-state index in [4.69, 9.17) is 4.52 Å². The lowest BCUT2D eigenvalue weighted by atomic mass is 10.0. The number of amides is 1. The zero-order valence-electron chi connectivity index (χ0n) is 14.9. The highest BCUT2D eigenvalue weighted by molar-refractivity contribution is 5.99. The monoisotopic (exact) mass is 346 g/mol. The van der Waals surface area contributed by atoms with Gasteiger partial charge in [-0.15, -0.1) is 0 Å². The second-order valence-electron chi connectivity index (χ2n) is 6.92. The third kappa shape index (κ3) is 3.27. The van der Waals surface area contributed by atoms with Crippen molar-refractivity contribution in [1.29, 1.82) is 0 Å². The molecule has 0 aliphatic carbocycles. The van der Waals surface area contributed by atoms with Crippen molar-refractivity contribution in [3.63, 3.8) is 0 Å². The summed E-state index contributed by atoms with van der Waals surface area (Å²) >= 11 is 0. The average Bonchev–Trinajstić information content (AvgIpc) is 3.32. The number of likely N-dealkylation sites (tertiary alicyclic amines) is 1. The molecule has 4 nitrogen and oxygen atoms in total. The maximum Gasteiger partial charge on any atom is 0.259 e. The van der Waals surface area contributed by atoms with Crippen LogP contribution in [0.2, 0.25) is 0 Å². The maximum atomic E-state index is 13.2. The van der Waals surface area contributed by atoms with Gasteiger partial charge in [0.1, 0.15) is 5.56 Å². The molecule has 0 bridgehead atoms. The van der Waals surface area contributed by atoms with Crippen LogP contribution in [0.25, 0.3) is 11.3 Å². The van der Waals surface area contributed by atoms with Gasteiger partial charge in [-0.25, -0.2) is 0 Å². The normalized spacial score (nSPS) is 16.8. The first-order chi connectivity index (χ1) is 12.7. The number of nitrogens with zero attached hydrogens (tertiary/aromatic N) is 2. The van der Waals surface area contributed by atoms with Gasteiger partial charge in [-0.3, -0.25) is 4.79 Å². The van der Waals surface area contributed by atoms with Crippen molar-refractivity contribution >= 4 is 5.91 Å². The highest BCUT2D eigenvalue weighted by Crippen LogP contribution is 2.29. The minimum atomic E-state index is 0.0141. The minimum absolute atomic E-state index is 0.0141. The van der Waals surface area contributed by atoms with Crippen LogP contribution in [0.5, 0.6) is 0 Å². The Bertz CT molecular complexity index is 884. The van der Waals surface area contributed by atoms with Crippen molar-refractivity contribution < 1.29 is 9.32 Å². The highest BCUT2D eigenvalue weighted by atomic mass is 16.5. The number of carbonyl (C=O) groups is 1. The quantitative estimate of drug-likeness (QED) is 0.699. The molecule has 26 heavy (non-hydrogen) atoms. The predicted molar refractivity (Wildman–Crippen MR) is 101 cm³/mol. The molecule has 1 fully saturated rings. The fourth-order valence-corrected chi connectivity index (χ4v) is 3.66. The second-order valence-corrected chi connectivity index (χ2v) is 6.92. The number of carbonyl (C=O) groups excluding carboxylic acids is 1. The summed E-state index contributed by atoms with van der Waals surface area (Å²) in [4.78, 5) is 15.2. The van der Waals surface area contributed by atoms with E-state index < -0.39 is 0 Å². The largest absolute Gasteiger partial charge is 0.355 e. The summed E-state index contributed by atoms with van der Waals surface area (Å²) in [5.41, 5.74) is 3.87. The van der Waals surface area contributed by atoms with Crippen LogP contribution in [-0.4, -0.2) is 28.6 Å². The van der Waals surface area contributed by atoms with E-state index >= 15 is 0 Å². The van der Waals surface area contributed by atoms with Crippen LogP contribution < -0.4 is 0 Å². The summed E-state index contributed by atoms with van der Waals surface area (Å²) in [7, 11) is 0. The molecule has 0 spiro atoms. The lowest BCUT2D eigenvalue weighted by molar-refractivity contribution is 0.0737. The van der Waals surface area contributed by atoms with Crippen molar-refractivity contribution in [2.45, 2.75) is 32.2 Å². The van der Waals surface area contributed by atoms with Crippen LogP contribution in [0.1, 0.15) is 34.3 Å². The molecule has 2 aromatic carbocycles. The molecule has 1 unspecified atom stereocenters. The minimum Gasteiger partial charge on any atom is -0.355 e. The van der Waals surface area contributed by atoms with Crippen LogP contribution in [0.15, 0.2) is 65.3 Å². The van der Waals surface area contributed by atoms with Crippen molar-refractivity contribution in [3.05, 3.63) is 77.5 Å². The van der Waals surface area contributed by atoms with Gasteiger partial charge in [0.15, 0.2) is 5.76 Å². The third-order valence-electron chi connectivity index (χ3n) is 5.07. The Morgan fingerprint density at radius 3 is 2.69 bits per heavy atom. The lowest BCUT2D eigenvalue weighted by Gasteiger charge is -2.24. The number of benzene rings is 2. The van der Waals surface area contributed by atoms with Gasteiger partial charge in [0.2, 0.25) is 0 Å². The Kier molecular flexibility index (Phi) is 4.57. The van der Waals surface area contributed by atoms with Gasteiger partial charge >= 0.3 is 0 Å². The predicted octanol–water partition coefficient (Wildman–Crippen LogP) is 4.50. The number of rotatable bonds is 4. The third-order valence-corrected chi connectivity index (χ3v) is 5.07. The number of hydrogen-bond donors (Lipinski definition) is 0. The molecule has 4 heteroatoms. The van der Waals surface area contributed by atoms with Crippen LogP contribution in [-0.2, 0) is 6.42 Å². The van der Waals surface area contributed by atoms with Crippen molar-refractivity contribution in [2.75, 3.05) is 6.54 Å². The van der Waals surface area contributed by atoms with Crippen LogP contribution in [0.4, 0.5) is 0 Å². The molecule has 4 rings (SSSR count). The van der Waals surface area contributed by atoms with Gasteiger partial charge in [-0.1, -0.05) is 65.3 Å². The Balaban J connectivity index is 1.57. The average molecular weight is 346 g/mol. The lowest BCUT2D eigenvalue weighted by Crippen LogP contribution is -2.36. The number of aromatic nitrogens is 1. The zero-order valence-corrected chi connectivity index (χ0v) is 14.9. The summed E-state index contributed by atoms with van der Waals surface area (Å²) in [6.07, 6.45) is 4.51.